The summed E-state index contributed by atoms with van der Waals surface area (Å²) in [4.78, 5) is 0. The van der Waals surface area contributed by atoms with Crippen LogP contribution in [0.3, 0.4) is 0 Å². The average molecular weight is 306 g/mol. The van der Waals surface area contributed by atoms with Gasteiger partial charge in [0.2, 0.25) is 0 Å². The molecule has 4 heteroatoms. The quantitative estimate of drug-likeness (QED) is 0.429. The average Bonchev–Trinajstić information content (AvgIpc) is 2.45. The van der Waals surface area contributed by atoms with Crippen LogP contribution in [0.5, 0.6) is 0 Å². The maximum Gasteiger partial charge on any atom is 0.0897 e. The van der Waals surface area contributed by atoms with Crippen LogP contribution in [-0.4, -0.2) is 49.5 Å². The van der Waals surface area contributed by atoms with Crippen molar-refractivity contribution in [3.8, 4) is 0 Å². The van der Waals surface area contributed by atoms with E-state index in [1.807, 2.05) is 11.8 Å². The van der Waals surface area contributed by atoms with Crippen LogP contribution in [0.15, 0.2) is 0 Å². The summed E-state index contributed by atoms with van der Waals surface area (Å²) >= 11 is 1.92. The maximum absolute atomic E-state index is 9.73. The minimum atomic E-state index is -0.363. The monoisotopic (exact) mass is 305 g/mol. The van der Waals surface area contributed by atoms with Gasteiger partial charge in [-0.15, -0.1) is 0 Å². The van der Waals surface area contributed by atoms with Crippen LogP contribution in [0, 0.1) is 0 Å². The number of ether oxygens (including phenoxy) is 1. The van der Waals surface area contributed by atoms with Crippen molar-refractivity contribution >= 4 is 11.8 Å². The van der Waals surface area contributed by atoms with Gasteiger partial charge < -0.3 is 15.2 Å². The van der Waals surface area contributed by atoms with Crippen LogP contribution in [0.1, 0.15) is 58.3 Å². The Morgan fingerprint density at radius 2 is 1.80 bits per heavy atom. The topological polar surface area (TPSA) is 41.5 Å². The molecule has 0 aromatic heterocycles. The Morgan fingerprint density at radius 1 is 1.05 bits per heavy atom. The van der Waals surface area contributed by atoms with Gasteiger partial charge in [0.15, 0.2) is 0 Å². The molecule has 0 amide bonds. The zero-order valence-electron chi connectivity index (χ0n) is 13.5. The van der Waals surface area contributed by atoms with Gasteiger partial charge in [0.25, 0.3) is 0 Å². The summed E-state index contributed by atoms with van der Waals surface area (Å²) in [7, 11) is 0. The number of aliphatic hydroxyl groups excluding tert-OH is 1. The molecule has 0 spiro atoms. The molecule has 0 saturated carbocycles. The van der Waals surface area contributed by atoms with E-state index in [4.69, 9.17) is 4.74 Å². The van der Waals surface area contributed by atoms with Crippen molar-refractivity contribution in [2.75, 3.05) is 38.3 Å². The van der Waals surface area contributed by atoms with Crippen molar-refractivity contribution in [2.45, 2.75) is 64.4 Å². The Morgan fingerprint density at radius 3 is 2.55 bits per heavy atom. The Kier molecular flexibility index (Phi) is 17.5. The predicted octanol–water partition coefficient (Wildman–Crippen LogP) is 3.46. The molecule has 0 bridgehead atoms. The first-order valence-electron chi connectivity index (χ1n) is 8.26. The highest BCUT2D eigenvalue weighted by molar-refractivity contribution is 7.98. The Bertz CT molecular complexity index is 182. The fourth-order valence-electron chi connectivity index (χ4n) is 2.03. The van der Waals surface area contributed by atoms with Crippen molar-refractivity contribution in [2.24, 2.45) is 0 Å². The summed E-state index contributed by atoms with van der Waals surface area (Å²) in [5.74, 6) is 1.28. The van der Waals surface area contributed by atoms with Crippen molar-refractivity contribution in [3.05, 3.63) is 0 Å². The highest BCUT2D eigenvalue weighted by Crippen LogP contribution is 2.04. The van der Waals surface area contributed by atoms with E-state index in [1.54, 1.807) is 0 Å². The number of hydrogen-bond acceptors (Lipinski definition) is 4. The first kappa shape index (κ1) is 20.2. The molecule has 3 nitrogen and oxygen atoms in total. The van der Waals surface area contributed by atoms with Gasteiger partial charge in [0, 0.05) is 13.2 Å². The molecule has 0 aromatic carbocycles. The van der Waals surface area contributed by atoms with Gasteiger partial charge in [0.1, 0.15) is 0 Å². The lowest BCUT2D eigenvalue weighted by Gasteiger charge is -2.12. The maximum atomic E-state index is 9.73. The number of nitrogens with one attached hydrogen (secondary N) is 1. The zero-order valence-corrected chi connectivity index (χ0v) is 14.3. The van der Waals surface area contributed by atoms with E-state index in [1.165, 1.54) is 50.7 Å². The van der Waals surface area contributed by atoms with Crippen LogP contribution in [0.25, 0.3) is 0 Å². The SMILES string of the molecule is CCCCCCOCC(O)CNCCCCCCSC. The molecule has 0 aromatic rings. The molecule has 0 radical (unpaired) electrons. The van der Waals surface area contributed by atoms with Gasteiger partial charge in [-0.25, -0.2) is 0 Å². The van der Waals surface area contributed by atoms with Crippen LogP contribution in [0.2, 0.25) is 0 Å². The van der Waals surface area contributed by atoms with Crippen molar-refractivity contribution in [1.82, 2.24) is 5.32 Å². The number of rotatable bonds is 16. The first-order chi connectivity index (χ1) is 9.81. The Balaban J connectivity index is 3.10. The third-order valence-corrected chi connectivity index (χ3v) is 3.98. The molecule has 2 N–H and O–H groups in total. The van der Waals surface area contributed by atoms with Gasteiger partial charge in [-0.2, -0.15) is 11.8 Å². The van der Waals surface area contributed by atoms with E-state index in [-0.39, 0.29) is 6.10 Å². The minimum Gasteiger partial charge on any atom is -0.389 e. The molecule has 0 heterocycles. The van der Waals surface area contributed by atoms with Crippen molar-refractivity contribution < 1.29 is 9.84 Å². The van der Waals surface area contributed by atoms with Crippen molar-refractivity contribution in [1.29, 1.82) is 0 Å². The molecule has 0 rings (SSSR count). The van der Waals surface area contributed by atoms with Gasteiger partial charge in [-0.3, -0.25) is 0 Å². The smallest absolute Gasteiger partial charge is 0.0897 e. The summed E-state index contributed by atoms with van der Waals surface area (Å²) < 4.78 is 5.47. The standard InChI is InChI=1S/C16H35NO2S/c1-3-4-5-9-12-19-15-16(18)14-17-11-8-6-7-10-13-20-2/h16-18H,3-15H2,1-2H3. The third-order valence-electron chi connectivity index (χ3n) is 3.28. The van der Waals surface area contributed by atoms with Crippen LogP contribution in [-0.2, 0) is 4.74 Å². The molecule has 1 atom stereocenters. The zero-order chi connectivity index (χ0) is 14.9. The second-order valence-corrected chi connectivity index (χ2v) is 6.39. The molecule has 1 unspecified atom stereocenters. The van der Waals surface area contributed by atoms with E-state index >= 15 is 0 Å². The van der Waals surface area contributed by atoms with E-state index in [2.05, 4.69) is 18.5 Å². The molecule has 122 valence electrons. The number of unbranched alkanes of at least 4 members (excludes halogenated alkanes) is 6. The fraction of sp³-hybridized carbons (Fsp3) is 1.00. The van der Waals surface area contributed by atoms with Crippen molar-refractivity contribution in [3.63, 3.8) is 0 Å². The molecular weight excluding hydrogens is 270 g/mol. The summed E-state index contributed by atoms with van der Waals surface area (Å²) in [6, 6.07) is 0. The van der Waals surface area contributed by atoms with E-state index < -0.39 is 0 Å². The predicted molar refractivity (Wildman–Crippen MR) is 90.7 cm³/mol. The lowest BCUT2D eigenvalue weighted by atomic mass is 10.2. The normalized spacial score (nSPS) is 12.8. The van der Waals surface area contributed by atoms with Crippen LogP contribution >= 0.6 is 11.8 Å². The van der Waals surface area contributed by atoms with Gasteiger partial charge in [0.05, 0.1) is 12.7 Å². The molecule has 0 fully saturated rings. The van der Waals surface area contributed by atoms with Crippen LogP contribution in [0.4, 0.5) is 0 Å². The van der Waals surface area contributed by atoms with Gasteiger partial charge >= 0.3 is 0 Å². The summed E-state index contributed by atoms with van der Waals surface area (Å²) in [6.45, 7) is 5.12. The minimum absolute atomic E-state index is 0.363. The summed E-state index contributed by atoms with van der Waals surface area (Å²) in [5.41, 5.74) is 0. The number of aliphatic hydroxyl groups is 1. The molecule has 0 aliphatic rings. The van der Waals surface area contributed by atoms with E-state index in [9.17, 15) is 5.11 Å². The Labute approximate surface area is 130 Å². The highest BCUT2D eigenvalue weighted by Gasteiger charge is 2.03. The molecule has 0 aliphatic carbocycles. The third kappa shape index (κ3) is 16.3. The first-order valence-corrected chi connectivity index (χ1v) is 9.66. The Hall–Kier alpha value is 0.230. The van der Waals surface area contributed by atoms with Gasteiger partial charge in [-0.1, -0.05) is 39.0 Å². The lowest BCUT2D eigenvalue weighted by Crippen LogP contribution is -2.31. The number of thioether (sulfide) groups is 1. The second kappa shape index (κ2) is 17.3. The van der Waals surface area contributed by atoms with Crippen LogP contribution < -0.4 is 5.32 Å². The molecule has 20 heavy (non-hydrogen) atoms. The largest absolute Gasteiger partial charge is 0.389 e. The van der Waals surface area contributed by atoms with Gasteiger partial charge in [-0.05, 0) is 37.8 Å². The molecular formula is C16H35NO2S. The lowest BCUT2D eigenvalue weighted by molar-refractivity contribution is 0.0355. The highest BCUT2D eigenvalue weighted by atomic mass is 32.2. The second-order valence-electron chi connectivity index (χ2n) is 5.40. The number of hydrogen-bond donors (Lipinski definition) is 2. The molecule has 0 aliphatic heterocycles. The fourth-order valence-corrected chi connectivity index (χ4v) is 2.52. The summed E-state index contributed by atoms with van der Waals surface area (Å²) in [6.07, 6.45) is 11.8. The van der Waals surface area contributed by atoms with E-state index in [0.717, 1.165) is 19.6 Å². The summed E-state index contributed by atoms with van der Waals surface area (Å²) in [5, 5.41) is 13.0. The van der Waals surface area contributed by atoms with E-state index in [0.29, 0.717) is 13.2 Å². The molecule has 0 saturated heterocycles.